The SMILES string of the molecule is CCCn1nc(C(=O)NC(C)c2ccccc2C)c2ccccc2c1=O. The van der Waals surface area contributed by atoms with Crippen molar-refractivity contribution in [3.05, 3.63) is 75.7 Å². The van der Waals surface area contributed by atoms with Gasteiger partial charge in [-0.15, -0.1) is 0 Å². The number of nitrogens with one attached hydrogen (secondary N) is 1. The van der Waals surface area contributed by atoms with Crippen LogP contribution in [0.2, 0.25) is 0 Å². The number of aryl methyl sites for hydroxylation is 2. The molecule has 1 atom stereocenters. The Kier molecular flexibility index (Phi) is 5.16. The number of nitrogens with zero attached hydrogens (tertiary/aromatic N) is 2. The summed E-state index contributed by atoms with van der Waals surface area (Å²) in [5, 5.41) is 8.47. The topological polar surface area (TPSA) is 64.0 Å². The van der Waals surface area contributed by atoms with E-state index in [4.69, 9.17) is 0 Å². The van der Waals surface area contributed by atoms with Gasteiger partial charge in [0.1, 0.15) is 0 Å². The third-order valence-electron chi connectivity index (χ3n) is 4.52. The monoisotopic (exact) mass is 349 g/mol. The highest BCUT2D eigenvalue weighted by Crippen LogP contribution is 2.19. The first-order chi connectivity index (χ1) is 12.5. The number of carbonyl (C=O) groups is 1. The molecule has 5 nitrogen and oxygen atoms in total. The third-order valence-corrected chi connectivity index (χ3v) is 4.52. The Bertz CT molecular complexity index is 1010. The molecule has 1 heterocycles. The fourth-order valence-electron chi connectivity index (χ4n) is 3.18. The molecule has 2 aromatic carbocycles. The summed E-state index contributed by atoms with van der Waals surface area (Å²) in [6.45, 7) is 6.43. The lowest BCUT2D eigenvalue weighted by molar-refractivity contribution is 0.0934. The Balaban J connectivity index is 2.01. The van der Waals surface area contributed by atoms with Gasteiger partial charge in [0.25, 0.3) is 11.5 Å². The second kappa shape index (κ2) is 7.52. The minimum absolute atomic E-state index is 0.157. The standard InChI is InChI=1S/C21H23N3O2/c1-4-13-24-21(26)18-12-8-7-11-17(18)19(23-24)20(25)22-15(3)16-10-6-5-9-14(16)2/h5-12,15H,4,13H2,1-3H3,(H,22,25). The Morgan fingerprint density at radius 2 is 1.77 bits per heavy atom. The smallest absolute Gasteiger partial charge is 0.274 e. The van der Waals surface area contributed by atoms with Gasteiger partial charge >= 0.3 is 0 Å². The molecule has 5 heteroatoms. The summed E-state index contributed by atoms with van der Waals surface area (Å²) in [6, 6.07) is 14.9. The van der Waals surface area contributed by atoms with Crippen LogP contribution in [0.3, 0.4) is 0 Å². The molecular weight excluding hydrogens is 326 g/mol. The van der Waals surface area contributed by atoms with Crippen molar-refractivity contribution in [3.8, 4) is 0 Å². The van der Waals surface area contributed by atoms with Crippen molar-refractivity contribution < 1.29 is 4.79 Å². The molecule has 1 aromatic heterocycles. The van der Waals surface area contributed by atoms with Gasteiger partial charge in [-0.05, 0) is 37.5 Å². The summed E-state index contributed by atoms with van der Waals surface area (Å²) >= 11 is 0. The maximum absolute atomic E-state index is 12.9. The van der Waals surface area contributed by atoms with Gasteiger partial charge in [-0.2, -0.15) is 5.10 Å². The van der Waals surface area contributed by atoms with Crippen LogP contribution in [0.15, 0.2) is 53.3 Å². The van der Waals surface area contributed by atoms with Gasteiger partial charge in [0.15, 0.2) is 5.69 Å². The maximum atomic E-state index is 12.9. The lowest BCUT2D eigenvalue weighted by Gasteiger charge is -2.17. The van der Waals surface area contributed by atoms with E-state index in [1.807, 2.05) is 51.1 Å². The Morgan fingerprint density at radius 1 is 1.12 bits per heavy atom. The van der Waals surface area contributed by atoms with E-state index in [1.165, 1.54) is 4.68 Å². The first kappa shape index (κ1) is 17.9. The molecule has 0 radical (unpaired) electrons. The van der Waals surface area contributed by atoms with Crippen LogP contribution in [-0.4, -0.2) is 15.7 Å². The summed E-state index contributed by atoms with van der Waals surface area (Å²) < 4.78 is 1.38. The lowest BCUT2D eigenvalue weighted by Crippen LogP contribution is -2.32. The normalized spacial score (nSPS) is 12.1. The van der Waals surface area contributed by atoms with Crippen LogP contribution in [0.25, 0.3) is 10.8 Å². The predicted octanol–water partition coefficient (Wildman–Crippen LogP) is 3.61. The highest BCUT2D eigenvalue weighted by molar-refractivity contribution is 6.04. The van der Waals surface area contributed by atoms with E-state index in [9.17, 15) is 9.59 Å². The van der Waals surface area contributed by atoms with Crippen molar-refractivity contribution in [2.75, 3.05) is 0 Å². The van der Waals surface area contributed by atoms with Gasteiger partial charge in [0.2, 0.25) is 0 Å². The Labute approximate surface area is 152 Å². The zero-order valence-corrected chi connectivity index (χ0v) is 15.3. The summed E-state index contributed by atoms with van der Waals surface area (Å²) in [6.07, 6.45) is 0.770. The largest absolute Gasteiger partial charge is 0.344 e. The highest BCUT2D eigenvalue weighted by Gasteiger charge is 2.19. The summed E-state index contributed by atoms with van der Waals surface area (Å²) in [5.74, 6) is -0.276. The number of fused-ring (bicyclic) bond motifs is 1. The first-order valence-electron chi connectivity index (χ1n) is 8.89. The van der Waals surface area contributed by atoms with Gasteiger partial charge in [0, 0.05) is 11.9 Å². The minimum atomic E-state index is -0.276. The Morgan fingerprint density at radius 3 is 2.46 bits per heavy atom. The van der Waals surface area contributed by atoms with E-state index >= 15 is 0 Å². The van der Waals surface area contributed by atoms with Gasteiger partial charge in [-0.25, -0.2) is 4.68 Å². The second-order valence-electron chi connectivity index (χ2n) is 6.47. The van der Waals surface area contributed by atoms with Crippen LogP contribution >= 0.6 is 0 Å². The molecule has 0 fully saturated rings. The molecule has 0 aliphatic heterocycles. The van der Waals surface area contributed by atoms with Crippen LogP contribution < -0.4 is 10.9 Å². The second-order valence-corrected chi connectivity index (χ2v) is 6.47. The average molecular weight is 349 g/mol. The number of amides is 1. The van der Waals surface area contributed by atoms with E-state index in [2.05, 4.69) is 10.4 Å². The molecule has 1 amide bonds. The third kappa shape index (κ3) is 3.38. The minimum Gasteiger partial charge on any atom is -0.344 e. The fourth-order valence-corrected chi connectivity index (χ4v) is 3.18. The maximum Gasteiger partial charge on any atom is 0.274 e. The molecule has 0 bridgehead atoms. The van der Waals surface area contributed by atoms with Gasteiger partial charge in [0.05, 0.1) is 11.4 Å². The van der Waals surface area contributed by atoms with E-state index in [0.717, 1.165) is 17.5 Å². The molecule has 0 aliphatic rings. The Hall–Kier alpha value is -2.95. The van der Waals surface area contributed by atoms with Crippen LogP contribution in [0.4, 0.5) is 0 Å². The molecule has 3 aromatic rings. The van der Waals surface area contributed by atoms with Crippen molar-refractivity contribution in [2.45, 2.75) is 39.8 Å². The zero-order chi connectivity index (χ0) is 18.7. The zero-order valence-electron chi connectivity index (χ0n) is 15.3. The van der Waals surface area contributed by atoms with E-state index in [0.29, 0.717) is 17.3 Å². The molecule has 0 spiro atoms. The summed E-state index contributed by atoms with van der Waals surface area (Å²) in [7, 11) is 0. The van der Waals surface area contributed by atoms with Crippen molar-refractivity contribution >= 4 is 16.7 Å². The molecule has 1 N–H and O–H groups in total. The molecular formula is C21H23N3O2. The fraction of sp³-hybridized carbons (Fsp3) is 0.286. The van der Waals surface area contributed by atoms with Gasteiger partial charge in [-0.3, -0.25) is 9.59 Å². The molecule has 26 heavy (non-hydrogen) atoms. The predicted molar refractivity (Wildman–Crippen MR) is 103 cm³/mol. The van der Waals surface area contributed by atoms with E-state index in [1.54, 1.807) is 18.2 Å². The van der Waals surface area contributed by atoms with Gasteiger partial charge < -0.3 is 5.32 Å². The quantitative estimate of drug-likeness (QED) is 0.765. The number of carbonyl (C=O) groups excluding carboxylic acids is 1. The molecule has 134 valence electrons. The van der Waals surface area contributed by atoms with Gasteiger partial charge in [-0.1, -0.05) is 49.4 Å². The molecule has 3 rings (SSSR count). The number of hydrogen-bond acceptors (Lipinski definition) is 3. The number of benzene rings is 2. The van der Waals surface area contributed by atoms with Crippen molar-refractivity contribution in [2.24, 2.45) is 0 Å². The molecule has 0 aliphatic carbocycles. The van der Waals surface area contributed by atoms with Crippen molar-refractivity contribution in [3.63, 3.8) is 0 Å². The van der Waals surface area contributed by atoms with E-state index in [-0.39, 0.29) is 23.2 Å². The number of rotatable bonds is 5. The van der Waals surface area contributed by atoms with Crippen LogP contribution in [0.1, 0.15) is 47.9 Å². The molecule has 1 unspecified atom stereocenters. The summed E-state index contributed by atoms with van der Waals surface area (Å²) in [4.78, 5) is 25.5. The van der Waals surface area contributed by atoms with Crippen LogP contribution in [0, 0.1) is 6.92 Å². The number of aromatic nitrogens is 2. The molecule has 0 saturated heterocycles. The van der Waals surface area contributed by atoms with E-state index < -0.39 is 0 Å². The van der Waals surface area contributed by atoms with Crippen LogP contribution in [0.5, 0.6) is 0 Å². The number of hydrogen-bond donors (Lipinski definition) is 1. The first-order valence-corrected chi connectivity index (χ1v) is 8.89. The average Bonchev–Trinajstić information content (AvgIpc) is 2.64. The molecule has 0 saturated carbocycles. The van der Waals surface area contributed by atoms with Crippen molar-refractivity contribution in [1.29, 1.82) is 0 Å². The van der Waals surface area contributed by atoms with Crippen molar-refractivity contribution in [1.82, 2.24) is 15.1 Å². The highest BCUT2D eigenvalue weighted by atomic mass is 16.2. The summed E-state index contributed by atoms with van der Waals surface area (Å²) in [5.41, 5.74) is 2.31. The van der Waals surface area contributed by atoms with Crippen LogP contribution in [-0.2, 0) is 6.54 Å². The lowest BCUT2D eigenvalue weighted by atomic mass is 10.0.